The normalized spacial score (nSPS) is 13.7. The van der Waals surface area contributed by atoms with Crippen LogP contribution >= 0.6 is 0 Å². The molecule has 2 aromatic rings. The maximum atomic E-state index is 12.7. The van der Waals surface area contributed by atoms with Crippen molar-refractivity contribution in [1.29, 1.82) is 0 Å². The summed E-state index contributed by atoms with van der Waals surface area (Å²) in [5.41, 5.74) is 1.64. The van der Waals surface area contributed by atoms with Crippen LogP contribution in [-0.4, -0.2) is 43.1 Å². The molecule has 0 saturated carbocycles. The molecule has 3 rings (SSSR count). The Kier molecular flexibility index (Phi) is 6.89. The number of nitrogens with zero attached hydrogens (tertiary/aromatic N) is 2. The molecule has 0 aliphatic carbocycles. The van der Waals surface area contributed by atoms with Crippen LogP contribution in [0.4, 0.5) is 5.69 Å². The van der Waals surface area contributed by atoms with Crippen LogP contribution in [0, 0.1) is 10.1 Å². The third-order valence-corrected chi connectivity index (χ3v) is 5.06. The van der Waals surface area contributed by atoms with E-state index in [9.17, 15) is 19.7 Å². The zero-order valence-electron chi connectivity index (χ0n) is 17.8. The summed E-state index contributed by atoms with van der Waals surface area (Å²) in [6, 6.07) is 13.0. The first-order valence-corrected chi connectivity index (χ1v) is 9.61. The Morgan fingerprint density at radius 1 is 0.938 bits per heavy atom. The lowest BCUT2D eigenvalue weighted by Crippen LogP contribution is -2.28. The molecule has 0 fully saturated rings. The second kappa shape index (κ2) is 9.78. The molecule has 1 heterocycles. The van der Waals surface area contributed by atoms with Gasteiger partial charge in [-0.3, -0.25) is 10.1 Å². The Morgan fingerprint density at radius 2 is 1.50 bits per heavy atom. The summed E-state index contributed by atoms with van der Waals surface area (Å²) in [5.74, 6) is -1.42. The highest BCUT2D eigenvalue weighted by Crippen LogP contribution is 2.38. The highest BCUT2D eigenvalue weighted by molar-refractivity contribution is 5.98. The van der Waals surface area contributed by atoms with Crippen LogP contribution in [0.3, 0.4) is 0 Å². The van der Waals surface area contributed by atoms with Gasteiger partial charge in [-0.2, -0.15) is 0 Å². The lowest BCUT2D eigenvalue weighted by atomic mass is 9.83. The fraction of sp³-hybridized carbons (Fsp3) is 0.217. The van der Waals surface area contributed by atoms with E-state index in [1.807, 2.05) is 24.3 Å². The minimum Gasteiger partial charge on any atom is -0.496 e. The fourth-order valence-electron chi connectivity index (χ4n) is 3.56. The van der Waals surface area contributed by atoms with Crippen LogP contribution in [0.15, 0.2) is 72.1 Å². The van der Waals surface area contributed by atoms with E-state index in [1.54, 1.807) is 24.4 Å². The summed E-state index contributed by atoms with van der Waals surface area (Å²) in [7, 11) is 4.05. The molecule has 0 unspecified atom stereocenters. The molecule has 0 radical (unpaired) electrons. The standard InChI is InChI=1S/C23H22N2O7/c1-30-20-7-5-4-6-16(20)12-24-13-18(22(26)31-2)21(19(14-24)23(27)32-3)15-8-10-17(11-9-15)25(28)29/h4-11,13-14,21H,12H2,1-3H3. The number of non-ortho nitro benzene ring substituents is 1. The summed E-state index contributed by atoms with van der Waals surface area (Å²) in [6.07, 6.45) is 3.19. The van der Waals surface area contributed by atoms with Crippen LogP contribution in [0.2, 0.25) is 0 Å². The van der Waals surface area contributed by atoms with Crippen molar-refractivity contribution >= 4 is 17.6 Å². The number of ether oxygens (including phenoxy) is 3. The Morgan fingerprint density at radius 3 is 2.00 bits per heavy atom. The number of nitro benzene ring substituents is 1. The molecule has 0 amide bonds. The van der Waals surface area contributed by atoms with E-state index in [-0.39, 0.29) is 16.8 Å². The molecule has 1 aliphatic heterocycles. The molecular weight excluding hydrogens is 416 g/mol. The molecule has 0 atom stereocenters. The largest absolute Gasteiger partial charge is 0.496 e. The third kappa shape index (κ3) is 4.61. The van der Waals surface area contributed by atoms with Gasteiger partial charge in [0, 0.05) is 30.1 Å². The molecule has 9 nitrogen and oxygen atoms in total. The summed E-state index contributed by atoms with van der Waals surface area (Å²) in [5, 5.41) is 11.0. The Bertz CT molecular complexity index is 1060. The second-order valence-electron chi connectivity index (χ2n) is 6.92. The SMILES string of the molecule is COC(=O)C1=CN(Cc2ccccc2OC)C=C(C(=O)OC)C1c1ccc([N+](=O)[O-])cc1. The minimum atomic E-state index is -0.815. The average Bonchev–Trinajstić information content (AvgIpc) is 2.82. The van der Waals surface area contributed by atoms with Crippen molar-refractivity contribution in [2.45, 2.75) is 12.5 Å². The number of esters is 2. The van der Waals surface area contributed by atoms with Crippen molar-refractivity contribution in [2.24, 2.45) is 0 Å². The molecule has 0 aromatic heterocycles. The molecular formula is C23H22N2O7. The van der Waals surface area contributed by atoms with Crippen LogP contribution in [0.25, 0.3) is 0 Å². The van der Waals surface area contributed by atoms with Crippen molar-refractivity contribution in [3.63, 3.8) is 0 Å². The second-order valence-corrected chi connectivity index (χ2v) is 6.92. The number of carbonyl (C=O) groups is 2. The number of para-hydroxylation sites is 1. The molecule has 0 spiro atoms. The van der Waals surface area contributed by atoms with Crippen LogP contribution in [0.1, 0.15) is 17.0 Å². The lowest BCUT2D eigenvalue weighted by molar-refractivity contribution is -0.384. The van der Waals surface area contributed by atoms with E-state index in [4.69, 9.17) is 14.2 Å². The summed E-state index contributed by atoms with van der Waals surface area (Å²) in [6.45, 7) is 0.317. The highest BCUT2D eigenvalue weighted by Gasteiger charge is 2.35. The van der Waals surface area contributed by atoms with Crippen LogP contribution < -0.4 is 4.74 Å². The molecule has 9 heteroatoms. The average molecular weight is 438 g/mol. The van der Waals surface area contributed by atoms with Crippen molar-refractivity contribution in [2.75, 3.05) is 21.3 Å². The van der Waals surface area contributed by atoms with Gasteiger partial charge >= 0.3 is 11.9 Å². The number of hydrogen-bond donors (Lipinski definition) is 0. The van der Waals surface area contributed by atoms with Gasteiger partial charge in [0.15, 0.2) is 0 Å². The van der Waals surface area contributed by atoms with Crippen molar-refractivity contribution in [1.82, 2.24) is 4.90 Å². The van der Waals surface area contributed by atoms with Gasteiger partial charge in [0.25, 0.3) is 5.69 Å². The van der Waals surface area contributed by atoms with Crippen molar-refractivity contribution < 1.29 is 28.7 Å². The number of rotatable bonds is 7. The van der Waals surface area contributed by atoms with Gasteiger partial charge in [0.2, 0.25) is 0 Å². The topological polar surface area (TPSA) is 108 Å². The zero-order chi connectivity index (χ0) is 23.3. The first kappa shape index (κ1) is 22.5. The van der Waals surface area contributed by atoms with E-state index < -0.39 is 22.8 Å². The first-order valence-electron chi connectivity index (χ1n) is 9.61. The lowest BCUT2D eigenvalue weighted by Gasteiger charge is -2.30. The summed E-state index contributed by atoms with van der Waals surface area (Å²) in [4.78, 5) is 37.5. The number of nitro groups is 1. The van der Waals surface area contributed by atoms with Crippen molar-refractivity contribution in [3.8, 4) is 5.75 Å². The number of carbonyl (C=O) groups excluding carboxylic acids is 2. The molecule has 0 N–H and O–H groups in total. The third-order valence-electron chi connectivity index (χ3n) is 5.06. The zero-order valence-corrected chi connectivity index (χ0v) is 17.8. The van der Waals surface area contributed by atoms with E-state index in [0.29, 0.717) is 17.9 Å². The summed E-state index contributed by atoms with van der Waals surface area (Å²) >= 11 is 0. The minimum absolute atomic E-state index is 0.102. The molecule has 0 saturated heterocycles. The Balaban J connectivity index is 2.08. The van der Waals surface area contributed by atoms with E-state index in [0.717, 1.165) is 5.56 Å². The van der Waals surface area contributed by atoms with E-state index in [1.165, 1.54) is 38.5 Å². The highest BCUT2D eigenvalue weighted by atomic mass is 16.6. The fourth-order valence-corrected chi connectivity index (χ4v) is 3.56. The van der Waals surface area contributed by atoms with Crippen LogP contribution in [-0.2, 0) is 25.6 Å². The number of methoxy groups -OCH3 is 3. The molecule has 1 aliphatic rings. The maximum Gasteiger partial charge on any atom is 0.336 e. The number of hydrogen-bond acceptors (Lipinski definition) is 8. The predicted octanol–water partition coefficient (Wildman–Crippen LogP) is 3.32. The Hall–Kier alpha value is -4.14. The van der Waals surface area contributed by atoms with Crippen LogP contribution in [0.5, 0.6) is 5.75 Å². The summed E-state index contributed by atoms with van der Waals surface area (Å²) < 4.78 is 15.3. The van der Waals surface area contributed by atoms with E-state index in [2.05, 4.69) is 0 Å². The van der Waals surface area contributed by atoms with Gasteiger partial charge in [-0.05, 0) is 11.6 Å². The quantitative estimate of drug-likeness (QED) is 0.368. The smallest absolute Gasteiger partial charge is 0.336 e. The van der Waals surface area contributed by atoms with Gasteiger partial charge in [0.05, 0.1) is 49.9 Å². The number of benzene rings is 2. The molecule has 0 bridgehead atoms. The maximum absolute atomic E-state index is 12.7. The van der Waals surface area contributed by atoms with Gasteiger partial charge in [-0.25, -0.2) is 9.59 Å². The van der Waals surface area contributed by atoms with Gasteiger partial charge in [-0.1, -0.05) is 30.3 Å². The monoisotopic (exact) mass is 438 g/mol. The van der Waals surface area contributed by atoms with E-state index >= 15 is 0 Å². The van der Waals surface area contributed by atoms with Crippen molar-refractivity contribution in [3.05, 3.63) is 93.3 Å². The molecule has 166 valence electrons. The molecule has 2 aromatic carbocycles. The predicted molar refractivity (Wildman–Crippen MR) is 115 cm³/mol. The Labute approximate surface area is 184 Å². The van der Waals surface area contributed by atoms with Gasteiger partial charge in [-0.15, -0.1) is 0 Å². The first-order chi connectivity index (χ1) is 15.4. The van der Waals surface area contributed by atoms with Gasteiger partial charge < -0.3 is 19.1 Å². The van der Waals surface area contributed by atoms with Gasteiger partial charge in [0.1, 0.15) is 5.75 Å². The molecule has 32 heavy (non-hydrogen) atoms.